The van der Waals surface area contributed by atoms with Gasteiger partial charge < -0.3 is 19.4 Å². The predicted molar refractivity (Wildman–Crippen MR) is 93.3 cm³/mol. The van der Waals surface area contributed by atoms with Gasteiger partial charge in [-0.05, 0) is 25.3 Å². The zero-order valence-corrected chi connectivity index (χ0v) is 15.1. The van der Waals surface area contributed by atoms with E-state index in [1.807, 2.05) is 17.5 Å². The van der Waals surface area contributed by atoms with Crippen LogP contribution in [0.1, 0.15) is 18.4 Å². The Labute approximate surface area is 150 Å². The molecule has 1 aliphatic rings. The molecule has 2 amide bonds. The number of aromatic nitrogens is 1. The van der Waals surface area contributed by atoms with Gasteiger partial charge in [0.25, 0.3) is 0 Å². The number of oxazole rings is 1. The minimum absolute atomic E-state index is 0.0848. The minimum Gasteiger partial charge on any atom is -0.440 e. The Morgan fingerprint density at radius 1 is 1.40 bits per heavy atom. The zero-order chi connectivity index (χ0) is 17.8. The molecule has 0 aromatic carbocycles. The van der Waals surface area contributed by atoms with Crippen molar-refractivity contribution in [1.82, 2.24) is 15.2 Å². The Morgan fingerprint density at radius 2 is 2.16 bits per heavy atom. The van der Waals surface area contributed by atoms with Gasteiger partial charge in [-0.15, -0.1) is 11.3 Å². The summed E-state index contributed by atoms with van der Waals surface area (Å²) < 4.78 is 10.9. The summed E-state index contributed by atoms with van der Waals surface area (Å²) in [6.45, 7) is 5.68. The van der Waals surface area contributed by atoms with Crippen LogP contribution >= 0.6 is 11.3 Å². The number of ether oxygens (including phenoxy) is 1. The lowest BCUT2D eigenvalue weighted by atomic mass is 10.2. The summed E-state index contributed by atoms with van der Waals surface area (Å²) >= 11 is 1.53. The number of nitrogens with zero attached hydrogens (tertiary/aromatic N) is 2. The molecule has 3 heterocycles. The van der Waals surface area contributed by atoms with Crippen LogP contribution in [0, 0.1) is 6.92 Å². The Balaban J connectivity index is 1.58. The molecule has 0 spiro atoms. The molecule has 1 atom stereocenters. The molecule has 0 radical (unpaired) electrons. The third kappa shape index (κ3) is 4.26. The maximum atomic E-state index is 12.3. The molecule has 1 saturated heterocycles. The smallest absolute Gasteiger partial charge is 0.245 e. The van der Waals surface area contributed by atoms with E-state index in [-0.39, 0.29) is 18.2 Å². The van der Waals surface area contributed by atoms with Crippen LogP contribution in [0.4, 0.5) is 0 Å². The van der Waals surface area contributed by atoms with Crippen molar-refractivity contribution in [2.75, 3.05) is 26.3 Å². The van der Waals surface area contributed by atoms with Gasteiger partial charge >= 0.3 is 0 Å². The summed E-state index contributed by atoms with van der Waals surface area (Å²) in [5, 5.41) is 4.69. The predicted octanol–water partition coefficient (Wildman–Crippen LogP) is 1.62. The number of morpholine rings is 1. The summed E-state index contributed by atoms with van der Waals surface area (Å²) in [5.41, 5.74) is 0.590. The number of hydrogen-bond acceptors (Lipinski definition) is 6. The Bertz CT molecular complexity index is 735. The number of aryl methyl sites for hydroxylation is 1. The minimum atomic E-state index is -0.574. The van der Waals surface area contributed by atoms with Gasteiger partial charge in [0.1, 0.15) is 11.8 Å². The molecule has 25 heavy (non-hydrogen) atoms. The highest BCUT2D eigenvalue weighted by atomic mass is 32.1. The van der Waals surface area contributed by atoms with Crippen molar-refractivity contribution < 1.29 is 18.7 Å². The highest BCUT2D eigenvalue weighted by molar-refractivity contribution is 7.13. The van der Waals surface area contributed by atoms with E-state index in [1.54, 1.807) is 18.7 Å². The number of carbonyl (C=O) groups is 2. The summed E-state index contributed by atoms with van der Waals surface area (Å²) in [6, 6.07) is 3.27. The van der Waals surface area contributed by atoms with Crippen LogP contribution in [-0.2, 0) is 20.7 Å². The molecule has 3 rings (SSSR count). The van der Waals surface area contributed by atoms with Gasteiger partial charge in [-0.3, -0.25) is 9.59 Å². The van der Waals surface area contributed by atoms with E-state index in [0.717, 1.165) is 4.88 Å². The van der Waals surface area contributed by atoms with Gasteiger partial charge in [-0.2, -0.15) is 0 Å². The van der Waals surface area contributed by atoms with Crippen molar-refractivity contribution in [3.63, 3.8) is 0 Å². The van der Waals surface area contributed by atoms with E-state index in [9.17, 15) is 9.59 Å². The second kappa shape index (κ2) is 7.79. The third-order valence-electron chi connectivity index (χ3n) is 4.02. The maximum absolute atomic E-state index is 12.3. The van der Waals surface area contributed by atoms with Crippen molar-refractivity contribution in [3.8, 4) is 10.8 Å². The fourth-order valence-corrected chi connectivity index (χ4v) is 3.31. The SMILES string of the molecule is Cc1oc(-c2cccs2)nc1CC(=O)NC(C)C(=O)N1CCOCC1. The number of carbonyl (C=O) groups excluding carboxylic acids is 2. The largest absolute Gasteiger partial charge is 0.440 e. The number of hydrogen-bond donors (Lipinski definition) is 1. The van der Waals surface area contributed by atoms with Gasteiger partial charge in [-0.25, -0.2) is 4.98 Å². The second-order valence-electron chi connectivity index (χ2n) is 5.90. The van der Waals surface area contributed by atoms with Crippen molar-refractivity contribution in [2.24, 2.45) is 0 Å². The Morgan fingerprint density at radius 3 is 2.84 bits per heavy atom. The van der Waals surface area contributed by atoms with Crippen LogP contribution in [0.3, 0.4) is 0 Å². The Kier molecular flexibility index (Phi) is 5.50. The van der Waals surface area contributed by atoms with Gasteiger partial charge in [0.05, 0.1) is 30.2 Å². The molecular weight excluding hydrogens is 342 g/mol. The van der Waals surface area contributed by atoms with E-state index in [0.29, 0.717) is 43.6 Å². The molecule has 7 nitrogen and oxygen atoms in total. The number of thiophene rings is 1. The van der Waals surface area contributed by atoms with Crippen LogP contribution in [0.15, 0.2) is 21.9 Å². The van der Waals surface area contributed by atoms with E-state index >= 15 is 0 Å². The fraction of sp³-hybridized carbons (Fsp3) is 0.471. The fourth-order valence-electron chi connectivity index (χ4n) is 2.66. The monoisotopic (exact) mass is 363 g/mol. The number of nitrogens with one attached hydrogen (secondary N) is 1. The second-order valence-corrected chi connectivity index (χ2v) is 6.85. The summed E-state index contributed by atoms with van der Waals surface area (Å²) in [5.74, 6) is 0.800. The molecule has 1 unspecified atom stereocenters. The molecule has 0 aliphatic carbocycles. The Hall–Kier alpha value is -2.19. The van der Waals surface area contributed by atoms with Crippen molar-refractivity contribution in [1.29, 1.82) is 0 Å². The zero-order valence-electron chi connectivity index (χ0n) is 14.3. The topological polar surface area (TPSA) is 84.7 Å². The van der Waals surface area contributed by atoms with E-state index < -0.39 is 6.04 Å². The molecular formula is C17H21N3O4S. The van der Waals surface area contributed by atoms with Crippen LogP contribution in [0.2, 0.25) is 0 Å². The normalized spacial score (nSPS) is 15.8. The third-order valence-corrected chi connectivity index (χ3v) is 4.88. The van der Waals surface area contributed by atoms with Gasteiger partial charge in [0, 0.05) is 13.1 Å². The molecule has 1 fully saturated rings. The summed E-state index contributed by atoms with van der Waals surface area (Å²) in [7, 11) is 0. The van der Waals surface area contributed by atoms with Gasteiger partial charge in [0.15, 0.2) is 0 Å². The van der Waals surface area contributed by atoms with Crippen molar-refractivity contribution >= 4 is 23.2 Å². The molecule has 2 aromatic heterocycles. The molecule has 8 heteroatoms. The lowest BCUT2D eigenvalue weighted by Gasteiger charge is -2.29. The molecule has 0 bridgehead atoms. The van der Waals surface area contributed by atoms with Crippen molar-refractivity contribution in [2.45, 2.75) is 26.3 Å². The van der Waals surface area contributed by atoms with Gasteiger partial charge in [-0.1, -0.05) is 6.07 Å². The highest BCUT2D eigenvalue weighted by Crippen LogP contribution is 2.26. The number of amides is 2. The highest BCUT2D eigenvalue weighted by Gasteiger charge is 2.24. The lowest BCUT2D eigenvalue weighted by Crippen LogP contribution is -2.50. The van der Waals surface area contributed by atoms with Crippen LogP contribution in [0.25, 0.3) is 10.8 Å². The van der Waals surface area contributed by atoms with Crippen LogP contribution in [0.5, 0.6) is 0 Å². The molecule has 2 aromatic rings. The van der Waals surface area contributed by atoms with E-state index in [1.165, 1.54) is 11.3 Å². The maximum Gasteiger partial charge on any atom is 0.245 e. The molecule has 0 saturated carbocycles. The van der Waals surface area contributed by atoms with Crippen LogP contribution in [-0.4, -0.2) is 54.0 Å². The molecule has 1 aliphatic heterocycles. The molecule has 134 valence electrons. The average molecular weight is 363 g/mol. The standard InChI is InChI=1S/C17H21N3O4S/c1-11(17(22)20-5-7-23-8-6-20)18-15(21)10-13-12(2)24-16(19-13)14-4-3-9-25-14/h3-4,9,11H,5-8,10H2,1-2H3,(H,18,21). The lowest BCUT2D eigenvalue weighted by molar-refractivity contribution is -0.139. The first kappa shape index (κ1) is 17.6. The van der Waals surface area contributed by atoms with Crippen molar-refractivity contribution in [3.05, 3.63) is 29.0 Å². The molecule has 1 N–H and O–H groups in total. The summed E-state index contributed by atoms with van der Waals surface area (Å²) in [4.78, 5) is 31.6. The van der Waals surface area contributed by atoms with E-state index in [2.05, 4.69) is 10.3 Å². The first-order chi connectivity index (χ1) is 12.0. The summed E-state index contributed by atoms with van der Waals surface area (Å²) in [6.07, 6.45) is 0.0848. The quantitative estimate of drug-likeness (QED) is 0.873. The average Bonchev–Trinajstić information content (AvgIpc) is 3.25. The first-order valence-electron chi connectivity index (χ1n) is 8.20. The van der Waals surface area contributed by atoms with Gasteiger partial charge in [0.2, 0.25) is 17.7 Å². The number of rotatable bonds is 5. The first-order valence-corrected chi connectivity index (χ1v) is 9.08. The van der Waals surface area contributed by atoms with E-state index in [4.69, 9.17) is 9.15 Å². The van der Waals surface area contributed by atoms with Crippen LogP contribution < -0.4 is 5.32 Å².